The Labute approximate surface area is 145 Å². The highest BCUT2D eigenvalue weighted by molar-refractivity contribution is 7.99. The molecule has 1 saturated carbocycles. The first-order chi connectivity index (χ1) is 11.0. The molecule has 122 valence electrons. The number of carbonyl (C=O) groups is 1. The molecule has 0 saturated heterocycles. The average molecular weight is 351 g/mol. The van der Waals surface area contributed by atoms with Gasteiger partial charge in [0.25, 0.3) is 0 Å². The van der Waals surface area contributed by atoms with E-state index in [4.69, 9.17) is 11.6 Å². The molecule has 7 heteroatoms. The number of benzene rings is 1. The number of carbonyl (C=O) groups excluding carboxylic acids is 1. The van der Waals surface area contributed by atoms with E-state index < -0.39 is 0 Å². The lowest BCUT2D eigenvalue weighted by Crippen LogP contribution is -2.27. The summed E-state index contributed by atoms with van der Waals surface area (Å²) in [6, 6.07) is 8.09. The largest absolute Gasteiger partial charge is 0.341 e. The van der Waals surface area contributed by atoms with E-state index in [1.54, 1.807) is 11.9 Å². The number of thioether (sulfide) groups is 1. The number of nitrogens with zero attached hydrogens (tertiary/aromatic N) is 4. The third-order valence-electron chi connectivity index (χ3n) is 3.81. The summed E-state index contributed by atoms with van der Waals surface area (Å²) in [4.78, 5) is 14.0. The maximum Gasteiger partial charge on any atom is 0.233 e. The zero-order valence-electron chi connectivity index (χ0n) is 13.2. The van der Waals surface area contributed by atoms with Crippen LogP contribution in [0.5, 0.6) is 0 Å². The van der Waals surface area contributed by atoms with Crippen LogP contribution in [0.4, 0.5) is 0 Å². The van der Waals surface area contributed by atoms with Gasteiger partial charge >= 0.3 is 0 Å². The van der Waals surface area contributed by atoms with Crippen LogP contribution in [0.1, 0.15) is 30.3 Å². The minimum Gasteiger partial charge on any atom is -0.341 e. The molecule has 0 radical (unpaired) electrons. The Morgan fingerprint density at radius 1 is 1.43 bits per heavy atom. The molecule has 0 unspecified atom stereocenters. The smallest absolute Gasteiger partial charge is 0.233 e. The lowest BCUT2D eigenvalue weighted by Gasteiger charge is -2.17. The van der Waals surface area contributed by atoms with Gasteiger partial charge in [0.15, 0.2) is 5.16 Å². The first-order valence-electron chi connectivity index (χ1n) is 7.57. The van der Waals surface area contributed by atoms with Gasteiger partial charge in [0.1, 0.15) is 5.82 Å². The summed E-state index contributed by atoms with van der Waals surface area (Å²) in [7, 11) is 1.81. The van der Waals surface area contributed by atoms with E-state index in [0.717, 1.165) is 16.5 Å². The SMILES string of the molecule is Cc1nnc(SCC(=O)N(C)Cc2cccc(Cl)c2)n1C1CC1. The summed E-state index contributed by atoms with van der Waals surface area (Å²) in [6.45, 7) is 2.51. The molecule has 1 heterocycles. The van der Waals surface area contributed by atoms with Gasteiger partial charge in [0.05, 0.1) is 5.75 Å². The monoisotopic (exact) mass is 350 g/mol. The number of rotatable bonds is 6. The predicted molar refractivity (Wildman–Crippen MR) is 91.7 cm³/mol. The first kappa shape index (κ1) is 16.3. The van der Waals surface area contributed by atoms with Crippen LogP contribution in [0.25, 0.3) is 0 Å². The molecule has 3 rings (SSSR count). The summed E-state index contributed by atoms with van der Waals surface area (Å²) >= 11 is 7.44. The quantitative estimate of drug-likeness (QED) is 0.750. The van der Waals surface area contributed by atoms with Crippen LogP contribution in [0.2, 0.25) is 5.02 Å². The summed E-state index contributed by atoms with van der Waals surface area (Å²) in [5, 5.41) is 9.85. The minimum atomic E-state index is 0.0676. The Hall–Kier alpha value is -1.53. The Balaban J connectivity index is 1.57. The average Bonchev–Trinajstić information content (AvgIpc) is 3.28. The van der Waals surface area contributed by atoms with E-state index in [1.807, 2.05) is 31.2 Å². The topological polar surface area (TPSA) is 51.0 Å². The molecule has 2 aromatic rings. The third-order valence-corrected chi connectivity index (χ3v) is 4.97. The van der Waals surface area contributed by atoms with Crippen molar-refractivity contribution in [2.24, 2.45) is 0 Å². The van der Waals surface area contributed by atoms with Crippen LogP contribution in [-0.2, 0) is 11.3 Å². The van der Waals surface area contributed by atoms with E-state index >= 15 is 0 Å². The van der Waals surface area contributed by atoms with Gasteiger partial charge in [-0.15, -0.1) is 10.2 Å². The van der Waals surface area contributed by atoms with Crippen molar-refractivity contribution in [1.29, 1.82) is 0 Å². The lowest BCUT2D eigenvalue weighted by atomic mass is 10.2. The maximum atomic E-state index is 12.3. The van der Waals surface area contributed by atoms with Crippen LogP contribution in [0, 0.1) is 6.92 Å². The van der Waals surface area contributed by atoms with Gasteiger partial charge in [0.2, 0.25) is 5.91 Å². The fourth-order valence-corrected chi connectivity index (χ4v) is 3.64. The number of halogens is 1. The van der Waals surface area contributed by atoms with E-state index in [9.17, 15) is 4.79 Å². The minimum absolute atomic E-state index is 0.0676. The molecular formula is C16H19ClN4OS. The van der Waals surface area contributed by atoms with Crippen LogP contribution in [0.3, 0.4) is 0 Å². The van der Waals surface area contributed by atoms with E-state index in [-0.39, 0.29) is 5.91 Å². The molecule has 1 aromatic heterocycles. The van der Waals surface area contributed by atoms with Crippen molar-refractivity contribution in [3.63, 3.8) is 0 Å². The highest BCUT2D eigenvalue weighted by atomic mass is 35.5. The van der Waals surface area contributed by atoms with Gasteiger partial charge < -0.3 is 9.47 Å². The highest BCUT2D eigenvalue weighted by Gasteiger charge is 2.28. The van der Waals surface area contributed by atoms with Crippen LogP contribution in [0.15, 0.2) is 29.4 Å². The van der Waals surface area contributed by atoms with Crippen molar-refractivity contribution < 1.29 is 4.79 Å². The molecule has 0 N–H and O–H groups in total. The Bertz CT molecular complexity index is 714. The second-order valence-corrected chi connectivity index (χ2v) is 7.18. The van der Waals surface area contributed by atoms with Crippen molar-refractivity contribution in [3.8, 4) is 0 Å². The summed E-state index contributed by atoms with van der Waals surface area (Å²) in [6.07, 6.45) is 2.35. The van der Waals surface area contributed by atoms with Crippen molar-refractivity contribution in [3.05, 3.63) is 40.7 Å². The number of aryl methyl sites for hydroxylation is 1. The lowest BCUT2D eigenvalue weighted by molar-refractivity contribution is -0.127. The van der Waals surface area contributed by atoms with Crippen molar-refractivity contribution in [1.82, 2.24) is 19.7 Å². The molecule has 1 amide bonds. The zero-order chi connectivity index (χ0) is 16.4. The van der Waals surface area contributed by atoms with Crippen molar-refractivity contribution >= 4 is 29.3 Å². The molecule has 1 fully saturated rings. The number of amides is 1. The zero-order valence-corrected chi connectivity index (χ0v) is 14.8. The summed E-state index contributed by atoms with van der Waals surface area (Å²) in [5.74, 6) is 1.36. The molecule has 1 aliphatic rings. The first-order valence-corrected chi connectivity index (χ1v) is 8.93. The van der Waals surface area contributed by atoms with Crippen LogP contribution in [-0.4, -0.2) is 38.4 Å². The van der Waals surface area contributed by atoms with Gasteiger partial charge in [-0.2, -0.15) is 0 Å². The van der Waals surface area contributed by atoms with Gasteiger partial charge in [0, 0.05) is 24.7 Å². The fourth-order valence-electron chi connectivity index (χ4n) is 2.44. The van der Waals surface area contributed by atoms with Crippen molar-refractivity contribution in [2.75, 3.05) is 12.8 Å². The molecular weight excluding hydrogens is 332 g/mol. The summed E-state index contributed by atoms with van der Waals surface area (Å²) in [5.41, 5.74) is 1.02. The normalized spacial score (nSPS) is 14.0. The van der Waals surface area contributed by atoms with Crippen molar-refractivity contribution in [2.45, 2.75) is 37.5 Å². The van der Waals surface area contributed by atoms with Crippen LogP contribution >= 0.6 is 23.4 Å². The molecule has 5 nitrogen and oxygen atoms in total. The second-order valence-electron chi connectivity index (χ2n) is 5.80. The van der Waals surface area contributed by atoms with Gasteiger partial charge in [-0.05, 0) is 37.5 Å². The highest BCUT2D eigenvalue weighted by Crippen LogP contribution is 2.38. The molecule has 1 aliphatic carbocycles. The number of hydrogen-bond acceptors (Lipinski definition) is 4. The third kappa shape index (κ3) is 4.06. The molecule has 0 aliphatic heterocycles. The second kappa shape index (κ2) is 6.93. The summed E-state index contributed by atoms with van der Waals surface area (Å²) < 4.78 is 2.15. The molecule has 0 atom stereocenters. The van der Waals surface area contributed by atoms with E-state index in [2.05, 4.69) is 14.8 Å². The van der Waals surface area contributed by atoms with E-state index in [0.29, 0.717) is 23.4 Å². The molecule has 0 bridgehead atoms. The van der Waals surface area contributed by atoms with Crippen LogP contribution < -0.4 is 0 Å². The predicted octanol–water partition coefficient (Wildman–Crippen LogP) is 3.33. The van der Waals surface area contributed by atoms with Gasteiger partial charge in [-0.1, -0.05) is 35.5 Å². The number of hydrogen-bond donors (Lipinski definition) is 0. The fraction of sp³-hybridized carbons (Fsp3) is 0.438. The standard InChI is InChI=1S/C16H19ClN4OS/c1-11-18-19-16(21(11)14-6-7-14)23-10-15(22)20(2)9-12-4-3-5-13(17)8-12/h3-5,8,14H,6-7,9-10H2,1-2H3. The van der Waals surface area contributed by atoms with Gasteiger partial charge in [-0.3, -0.25) is 4.79 Å². The Morgan fingerprint density at radius 3 is 2.91 bits per heavy atom. The van der Waals surface area contributed by atoms with Gasteiger partial charge in [-0.25, -0.2) is 0 Å². The number of aromatic nitrogens is 3. The maximum absolute atomic E-state index is 12.3. The molecule has 23 heavy (non-hydrogen) atoms. The Kier molecular flexibility index (Phi) is 4.92. The Morgan fingerprint density at radius 2 is 2.22 bits per heavy atom. The molecule has 1 aromatic carbocycles. The molecule has 0 spiro atoms. The van der Waals surface area contributed by atoms with E-state index in [1.165, 1.54) is 24.6 Å².